The zero-order valence-corrected chi connectivity index (χ0v) is 16.6. The van der Waals surface area contributed by atoms with Gasteiger partial charge in [-0.1, -0.05) is 12.1 Å². The number of carbonyl (C=O) groups excluding carboxylic acids is 2. The van der Waals surface area contributed by atoms with E-state index in [1.54, 1.807) is 0 Å². The van der Waals surface area contributed by atoms with E-state index in [9.17, 15) is 18.4 Å². The lowest BCUT2D eigenvalue weighted by Gasteiger charge is -2.26. The summed E-state index contributed by atoms with van der Waals surface area (Å²) in [6, 6.07) is 8.70. The van der Waals surface area contributed by atoms with E-state index in [-0.39, 0.29) is 18.3 Å². The third-order valence-electron chi connectivity index (χ3n) is 5.08. The van der Waals surface area contributed by atoms with E-state index in [4.69, 9.17) is 0 Å². The van der Waals surface area contributed by atoms with Crippen molar-refractivity contribution in [1.82, 2.24) is 10.2 Å². The maximum Gasteiger partial charge on any atom is 0.313 e. The van der Waals surface area contributed by atoms with E-state index in [2.05, 4.69) is 34.7 Å². The molecule has 0 bridgehead atoms. The molecule has 1 aliphatic rings. The molecule has 1 atom stereocenters. The number of hydrogen-bond donors (Lipinski definition) is 2. The Bertz CT molecular complexity index is 933. The summed E-state index contributed by atoms with van der Waals surface area (Å²) in [6.07, 6.45) is 0.966. The number of amides is 2. The fourth-order valence-corrected chi connectivity index (χ4v) is 3.43. The van der Waals surface area contributed by atoms with Crippen LogP contribution < -0.4 is 15.5 Å². The van der Waals surface area contributed by atoms with Gasteiger partial charge in [-0.15, -0.1) is 0 Å². The molecule has 0 saturated heterocycles. The molecule has 154 valence electrons. The Balaban J connectivity index is 1.65. The second-order valence-corrected chi connectivity index (χ2v) is 7.33. The molecule has 1 heterocycles. The van der Waals surface area contributed by atoms with Crippen molar-refractivity contribution in [2.45, 2.75) is 12.5 Å². The number of anilines is 2. The van der Waals surface area contributed by atoms with Crippen LogP contribution in [0.1, 0.15) is 17.2 Å². The van der Waals surface area contributed by atoms with E-state index in [0.29, 0.717) is 0 Å². The Morgan fingerprint density at radius 2 is 1.90 bits per heavy atom. The topological polar surface area (TPSA) is 64.7 Å². The van der Waals surface area contributed by atoms with E-state index < -0.39 is 23.4 Å². The molecular formula is C21H24F2N4O2. The summed E-state index contributed by atoms with van der Waals surface area (Å²) in [5.74, 6) is -3.50. The molecule has 8 heteroatoms. The van der Waals surface area contributed by atoms with Gasteiger partial charge in [0.15, 0.2) is 0 Å². The summed E-state index contributed by atoms with van der Waals surface area (Å²) >= 11 is 0. The number of fused-ring (bicyclic) bond motifs is 1. The average molecular weight is 402 g/mol. The van der Waals surface area contributed by atoms with Gasteiger partial charge in [-0.25, -0.2) is 8.78 Å². The van der Waals surface area contributed by atoms with Crippen molar-refractivity contribution in [2.24, 2.45) is 0 Å². The Hall–Kier alpha value is -3.00. The molecule has 0 spiro atoms. The van der Waals surface area contributed by atoms with E-state index in [1.165, 1.54) is 11.3 Å². The van der Waals surface area contributed by atoms with Crippen molar-refractivity contribution < 1.29 is 18.4 Å². The number of rotatable bonds is 5. The van der Waals surface area contributed by atoms with Crippen molar-refractivity contribution in [2.75, 3.05) is 44.4 Å². The van der Waals surface area contributed by atoms with E-state index >= 15 is 0 Å². The predicted molar refractivity (Wildman–Crippen MR) is 108 cm³/mol. The van der Waals surface area contributed by atoms with Crippen LogP contribution in [0.15, 0.2) is 36.4 Å². The number of hydrogen-bond acceptors (Lipinski definition) is 4. The number of benzene rings is 2. The Kier molecular flexibility index (Phi) is 6.12. The quantitative estimate of drug-likeness (QED) is 0.754. The van der Waals surface area contributed by atoms with Gasteiger partial charge in [-0.05, 0) is 49.8 Å². The summed E-state index contributed by atoms with van der Waals surface area (Å²) in [5, 5.41) is 4.67. The molecule has 3 rings (SSSR count). The van der Waals surface area contributed by atoms with Crippen molar-refractivity contribution in [1.29, 1.82) is 0 Å². The molecule has 0 aliphatic carbocycles. The SMILES string of the molecule is CN1CCc2cc([C@H](CNC(=O)C(=O)Nc3cc(F)ccc3F)N(C)C)ccc21. The van der Waals surface area contributed by atoms with Crippen LogP contribution >= 0.6 is 0 Å². The van der Waals surface area contributed by atoms with E-state index in [1.807, 2.05) is 25.1 Å². The van der Waals surface area contributed by atoms with Gasteiger partial charge in [0.1, 0.15) is 11.6 Å². The second-order valence-electron chi connectivity index (χ2n) is 7.33. The van der Waals surface area contributed by atoms with Crippen molar-refractivity contribution in [3.8, 4) is 0 Å². The smallest absolute Gasteiger partial charge is 0.313 e. The van der Waals surface area contributed by atoms with Crippen LogP contribution in [0.3, 0.4) is 0 Å². The minimum atomic E-state index is -1.05. The molecule has 2 aromatic rings. The summed E-state index contributed by atoms with van der Waals surface area (Å²) in [7, 11) is 5.83. The molecule has 0 fully saturated rings. The first-order valence-corrected chi connectivity index (χ1v) is 9.31. The molecule has 0 aromatic heterocycles. The highest BCUT2D eigenvalue weighted by molar-refractivity contribution is 6.39. The van der Waals surface area contributed by atoms with Crippen LogP contribution in [0.25, 0.3) is 0 Å². The first-order valence-electron chi connectivity index (χ1n) is 9.31. The lowest BCUT2D eigenvalue weighted by molar-refractivity contribution is -0.136. The fraction of sp³-hybridized carbons (Fsp3) is 0.333. The number of carbonyl (C=O) groups is 2. The lowest BCUT2D eigenvalue weighted by atomic mass is 10.0. The largest absolute Gasteiger partial charge is 0.374 e. The molecule has 2 aromatic carbocycles. The highest BCUT2D eigenvalue weighted by Crippen LogP contribution is 2.30. The molecule has 0 radical (unpaired) electrons. The van der Waals surface area contributed by atoms with Gasteiger partial charge in [0, 0.05) is 31.9 Å². The first-order chi connectivity index (χ1) is 13.8. The highest BCUT2D eigenvalue weighted by Gasteiger charge is 2.22. The third kappa shape index (κ3) is 4.71. The molecular weight excluding hydrogens is 378 g/mol. The summed E-state index contributed by atoms with van der Waals surface area (Å²) in [4.78, 5) is 28.4. The van der Waals surface area contributed by atoms with Crippen LogP contribution in [0.5, 0.6) is 0 Å². The first kappa shape index (κ1) is 20.7. The number of nitrogens with zero attached hydrogens (tertiary/aromatic N) is 2. The molecule has 2 N–H and O–H groups in total. The van der Waals surface area contributed by atoms with Gasteiger partial charge in [-0.3, -0.25) is 9.59 Å². The van der Waals surface area contributed by atoms with Gasteiger partial charge in [0.25, 0.3) is 0 Å². The molecule has 0 unspecified atom stereocenters. The molecule has 0 saturated carbocycles. The maximum atomic E-state index is 13.6. The minimum absolute atomic E-state index is 0.145. The van der Waals surface area contributed by atoms with Crippen LogP contribution in [-0.2, 0) is 16.0 Å². The summed E-state index contributed by atoms with van der Waals surface area (Å²) in [5.41, 5.74) is 3.10. The van der Waals surface area contributed by atoms with Crippen molar-refractivity contribution >= 4 is 23.2 Å². The normalized spacial score (nSPS) is 13.9. The zero-order chi connectivity index (χ0) is 21.1. The Labute approximate surface area is 168 Å². The molecule has 29 heavy (non-hydrogen) atoms. The van der Waals surface area contributed by atoms with Gasteiger partial charge in [-0.2, -0.15) is 0 Å². The van der Waals surface area contributed by atoms with Crippen LogP contribution in [-0.4, -0.2) is 50.9 Å². The molecule has 6 nitrogen and oxygen atoms in total. The van der Waals surface area contributed by atoms with Crippen LogP contribution in [0.2, 0.25) is 0 Å². The predicted octanol–water partition coefficient (Wildman–Crippen LogP) is 2.31. The van der Waals surface area contributed by atoms with Gasteiger partial charge in [0.2, 0.25) is 0 Å². The number of halogens is 2. The van der Waals surface area contributed by atoms with Crippen molar-refractivity contribution in [3.63, 3.8) is 0 Å². The van der Waals surface area contributed by atoms with Crippen LogP contribution in [0, 0.1) is 11.6 Å². The molecule has 2 amide bonds. The maximum absolute atomic E-state index is 13.6. The number of likely N-dealkylation sites (N-methyl/N-ethyl adjacent to an activating group) is 2. The molecule has 1 aliphatic heterocycles. The highest BCUT2D eigenvalue weighted by atomic mass is 19.1. The van der Waals surface area contributed by atoms with Crippen molar-refractivity contribution in [3.05, 3.63) is 59.2 Å². The van der Waals surface area contributed by atoms with Gasteiger partial charge < -0.3 is 20.4 Å². The Morgan fingerprint density at radius 3 is 2.62 bits per heavy atom. The zero-order valence-electron chi connectivity index (χ0n) is 16.6. The third-order valence-corrected chi connectivity index (χ3v) is 5.08. The van der Waals surface area contributed by atoms with Gasteiger partial charge in [0.05, 0.1) is 11.7 Å². The average Bonchev–Trinajstić information content (AvgIpc) is 3.05. The lowest BCUT2D eigenvalue weighted by Crippen LogP contribution is -2.40. The Morgan fingerprint density at radius 1 is 1.14 bits per heavy atom. The standard InChI is InChI=1S/C21H24F2N4O2/c1-26(2)19(13-4-7-18-14(10-13)8-9-27(18)3)12-24-20(28)21(29)25-17-11-15(22)5-6-16(17)23/h4-7,10-11,19H,8-9,12H2,1-3H3,(H,24,28)(H,25,29)/t19-/m0/s1. The van der Waals surface area contributed by atoms with Crippen LogP contribution in [0.4, 0.5) is 20.2 Å². The minimum Gasteiger partial charge on any atom is -0.374 e. The summed E-state index contributed by atoms with van der Waals surface area (Å²) < 4.78 is 26.9. The van der Waals surface area contributed by atoms with E-state index in [0.717, 1.165) is 36.7 Å². The fourth-order valence-electron chi connectivity index (χ4n) is 3.43. The summed E-state index contributed by atoms with van der Waals surface area (Å²) in [6.45, 7) is 1.17. The number of nitrogens with one attached hydrogen (secondary N) is 2. The van der Waals surface area contributed by atoms with Gasteiger partial charge >= 0.3 is 11.8 Å². The second kappa shape index (κ2) is 8.57. The monoisotopic (exact) mass is 402 g/mol.